The first-order valence-electron chi connectivity index (χ1n) is 8.79. The van der Waals surface area contributed by atoms with E-state index in [-0.39, 0.29) is 11.6 Å². The van der Waals surface area contributed by atoms with Gasteiger partial charge in [-0.05, 0) is 29.8 Å². The van der Waals surface area contributed by atoms with Gasteiger partial charge in [0.05, 0.1) is 20.8 Å². The molecule has 0 atom stereocenters. The molecular formula is C22H15N3O3S. The van der Waals surface area contributed by atoms with Crippen LogP contribution in [0.1, 0.15) is 5.56 Å². The first-order valence-corrected chi connectivity index (χ1v) is 9.60. The van der Waals surface area contributed by atoms with Crippen molar-refractivity contribution < 1.29 is 9.72 Å². The molecule has 4 aromatic rings. The van der Waals surface area contributed by atoms with Crippen molar-refractivity contribution >= 4 is 44.9 Å². The molecule has 142 valence electrons. The summed E-state index contributed by atoms with van der Waals surface area (Å²) in [6.07, 6.45) is 3.14. The summed E-state index contributed by atoms with van der Waals surface area (Å²) in [5, 5.41) is 14.7. The molecule has 4 rings (SSSR count). The third-order valence-electron chi connectivity index (χ3n) is 4.22. The molecule has 0 saturated heterocycles. The summed E-state index contributed by atoms with van der Waals surface area (Å²) in [4.78, 5) is 27.8. The van der Waals surface area contributed by atoms with E-state index in [2.05, 4.69) is 10.3 Å². The number of para-hydroxylation sites is 1. The van der Waals surface area contributed by atoms with Gasteiger partial charge in [0.15, 0.2) is 0 Å². The van der Waals surface area contributed by atoms with Gasteiger partial charge in [-0.3, -0.25) is 14.9 Å². The SMILES string of the molecule is O=C(/C=C/c1ccccc1)Nc1ccc([N+](=O)[O-])cc1-c1nc2ccccc2s1. The Labute approximate surface area is 170 Å². The van der Waals surface area contributed by atoms with Gasteiger partial charge in [0.2, 0.25) is 5.91 Å². The molecule has 0 unspecified atom stereocenters. The minimum atomic E-state index is -0.461. The smallest absolute Gasteiger partial charge is 0.270 e. The van der Waals surface area contributed by atoms with Crippen molar-refractivity contribution in [2.45, 2.75) is 0 Å². The molecule has 0 aliphatic carbocycles. The number of nitrogens with zero attached hydrogens (tertiary/aromatic N) is 2. The summed E-state index contributed by atoms with van der Waals surface area (Å²) in [5.41, 5.74) is 2.63. The lowest BCUT2D eigenvalue weighted by atomic mass is 10.1. The van der Waals surface area contributed by atoms with Crippen molar-refractivity contribution in [3.63, 3.8) is 0 Å². The molecule has 29 heavy (non-hydrogen) atoms. The van der Waals surface area contributed by atoms with Crippen molar-refractivity contribution in [2.75, 3.05) is 5.32 Å². The normalized spacial score (nSPS) is 11.0. The molecule has 0 aliphatic heterocycles. The Morgan fingerprint density at radius 1 is 1.03 bits per heavy atom. The molecule has 3 aromatic carbocycles. The molecule has 0 radical (unpaired) electrons. The van der Waals surface area contributed by atoms with Crippen molar-refractivity contribution in [1.82, 2.24) is 4.98 Å². The second-order valence-electron chi connectivity index (χ2n) is 6.21. The number of aromatic nitrogens is 1. The highest BCUT2D eigenvalue weighted by Crippen LogP contribution is 2.36. The molecule has 0 fully saturated rings. The van der Waals surface area contributed by atoms with Crippen LogP contribution in [0.25, 0.3) is 26.9 Å². The topological polar surface area (TPSA) is 85.1 Å². The number of nitrogens with one attached hydrogen (secondary N) is 1. The van der Waals surface area contributed by atoms with Crippen molar-refractivity contribution in [3.8, 4) is 10.6 Å². The fourth-order valence-corrected chi connectivity index (χ4v) is 3.83. The monoisotopic (exact) mass is 401 g/mol. The number of anilines is 1. The molecule has 0 aliphatic rings. The zero-order valence-electron chi connectivity index (χ0n) is 15.1. The number of carbonyl (C=O) groups excluding carboxylic acids is 1. The number of non-ortho nitro benzene ring substituents is 1. The predicted molar refractivity (Wildman–Crippen MR) is 116 cm³/mol. The van der Waals surface area contributed by atoms with E-state index in [0.29, 0.717) is 16.3 Å². The van der Waals surface area contributed by atoms with Crippen LogP contribution in [0.3, 0.4) is 0 Å². The number of hydrogen-bond donors (Lipinski definition) is 1. The van der Waals surface area contributed by atoms with Gasteiger partial charge in [-0.25, -0.2) is 4.98 Å². The van der Waals surface area contributed by atoms with Crippen LogP contribution in [0.4, 0.5) is 11.4 Å². The van der Waals surface area contributed by atoms with E-state index in [1.165, 1.54) is 35.6 Å². The summed E-state index contributed by atoms with van der Waals surface area (Å²) in [6.45, 7) is 0. The van der Waals surface area contributed by atoms with E-state index in [1.54, 1.807) is 6.08 Å². The molecule has 0 bridgehead atoms. The maximum atomic E-state index is 12.4. The number of amides is 1. The predicted octanol–water partition coefficient (Wildman–Crippen LogP) is 5.52. The van der Waals surface area contributed by atoms with Gasteiger partial charge < -0.3 is 5.32 Å². The Kier molecular flexibility index (Phi) is 5.13. The van der Waals surface area contributed by atoms with Gasteiger partial charge in [0, 0.05) is 23.8 Å². The van der Waals surface area contributed by atoms with Crippen LogP contribution in [-0.4, -0.2) is 15.8 Å². The maximum Gasteiger partial charge on any atom is 0.270 e. The van der Waals surface area contributed by atoms with Gasteiger partial charge in [0.25, 0.3) is 5.69 Å². The number of fused-ring (bicyclic) bond motifs is 1. The van der Waals surface area contributed by atoms with Crippen LogP contribution >= 0.6 is 11.3 Å². The number of hydrogen-bond acceptors (Lipinski definition) is 5. The molecule has 7 heteroatoms. The molecule has 1 heterocycles. The van der Waals surface area contributed by atoms with E-state index >= 15 is 0 Å². The van der Waals surface area contributed by atoms with E-state index in [1.807, 2.05) is 54.6 Å². The van der Waals surface area contributed by atoms with Crippen LogP contribution in [0.5, 0.6) is 0 Å². The van der Waals surface area contributed by atoms with Crippen LogP contribution in [0.2, 0.25) is 0 Å². The fraction of sp³-hybridized carbons (Fsp3) is 0. The largest absolute Gasteiger partial charge is 0.322 e. The molecule has 6 nitrogen and oxygen atoms in total. The van der Waals surface area contributed by atoms with Crippen LogP contribution in [-0.2, 0) is 4.79 Å². The number of rotatable bonds is 5. The number of thiazole rings is 1. The minimum Gasteiger partial charge on any atom is -0.322 e. The molecule has 1 amide bonds. The number of benzene rings is 3. The number of nitro benzene ring substituents is 1. The summed E-state index contributed by atoms with van der Waals surface area (Å²) in [5.74, 6) is -0.329. The van der Waals surface area contributed by atoms with Crippen molar-refractivity contribution in [3.05, 3.63) is 94.6 Å². The van der Waals surface area contributed by atoms with Crippen molar-refractivity contribution in [1.29, 1.82) is 0 Å². The third kappa shape index (κ3) is 4.20. The first-order chi connectivity index (χ1) is 14.1. The number of carbonyl (C=O) groups is 1. The quantitative estimate of drug-likeness (QED) is 0.271. The van der Waals surface area contributed by atoms with E-state index < -0.39 is 4.92 Å². The molecule has 0 saturated carbocycles. The summed E-state index contributed by atoms with van der Waals surface area (Å²) >= 11 is 1.42. The second-order valence-corrected chi connectivity index (χ2v) is 7.24. The van der Waals surface area contributed by atoms with Gasteiger partial charge in [-0.1, -0.05) is 42.5 Å². The Balaban J connectivity index is 1.68. The Morgan fingerprint density at radius 3 is 2.55 bits per heavy atom. The molecule has 0 spiro atoms. The minimum absolute atomic E-state index is 0.0583. The van der Waals surface area contributed by atoms with Gasteiger partial charge in [-0.15, -0.1) is 11.3 Å². The van der Waals surface area contributed by atoms with Crippen LogP contribution in [0, 0.1) is 10.1 Å². The molecule has 1 aromatic heterocycles. The van der Waals surface area contributed by atoms with Crippen molar-refractivity contribution in [2.24, 2.45) is 0 Å². The highest BCUT2D eigenvalue weighted by Gasteiger charge is 2.16. The summed E-state index contributed by atoms with van der Waals surface area (Å²) in [7, 11) is 0. The Hall–Kier alpha value is -3.84. The average molecular weight is 401 g/mol. The summed E-state index contributed by atoms with van der Waals surface area (Å²) in [6, 6.07) is 21.4. The second kappa shape index (κ2) is 8.04. The lowest BCUT2D eigenvalue weighted by Crippen LogP contribution is -2.09. The fourth-order valence-electron chi connectivity index (χ4n) is 2.83. The van der Waals surface area contributed by atoms with E-state index in [0.717, 1.165) is 15.8 Å². The van der Waals surface area contributed by atoms with Crippen LogP contribution < -0.4 is 5.32 Å². The molecule has 1 N–H and O–H groups in total. The first kappa shape index (κ1) is 18.5. The van der Waals surface area contributed by atoms with Gasteiger partial charge in [0.1, 0.15) is 5.01 Å². The summed E-state index contributed by atoms with van der Waals surface area (Å²) < 4.78 is 0.968. The average Bonchev–Trinajstić information content (AvgIpc) is 3.17. The standard InChI is InChI=1S/C22H15N3O3S/c26-21(13-10-15-6-2-1-3-7-15)23-18-12-11-16(25(27)28)14-17(18)22-24-19-8-4-5-9-20(19)29-22/h1-14H,(H,23,26)/b13-10+. The highest BCUT2D eigenvalue weighted by atomic mass is 32.1. The van der Waals surface area contributed by atoms with Crippen LogP contribution in [0.15, 0.2) is 78.9 Å². The Morgan fingerprint density at radius 2 is 1.79 bits per heavy atom. The van der Waals surface area contributed by atoms with E-state index in [4.69, 9.17) is 0 Å². The maximum absolute atomic E-state index is 12.4. The zero-order chi connectivity index (χ0) is 20.2. The van der Waals surface area contributed by atoms with Gasteiger partial charge >= 0.3 is 0 Å². The lowest BCUT2D eigenvalue weighted by molar-refractivity contribution is -0.384. The van der Waals surface area contributed by atoms with E-state index in [9.17, 15) is 14.9 Å². The zero-order valence-corrected chi connectivity index (χ0v) is 15.9. The number of nitro groups is 1. The Bertz CT molecular complexity index is 1200. The third-order valence-corrected chi connectivity index (χ3v) is 5.29. The highest BCUT2D eigenvalue weighted by molar-refractivity contribution is 7.21. The molecular weight excluding hydrogens is 386 g/mol. The lowest BCUT2D eigenvalue weighted by Gasteiger charge is -2.08. The van der Waals surface area contributed by atoms with Gasteiger partial charge in [-0.2, -0.15) is 0 Å².